The molecule has 4 aromatic rings. The second-order valence-electron chi connectivity index (χ2n) is 6.18. The largest absolute Gasteiger partial charge is 0.300 e. The lowest BCUT2D eigenvalue weighted by atomic mass is 10.2. The molecule has 2 heterocycles. The molecule has 0 spiro atoms. The standard InChI is InChI=1S/C20H17ClN6OS2/c1-2-17-23-25-19(30-17)22-16(28)12-29-20-26-24-18(13-8-10-14(21)11-9-13)27(20)15-6-4-3-5-7-15/h3-11H,2,12H2,1H3,(H,22,25,28). The van der Waals surface area contributed by atoms with Crippen LogP contribution in [-0.4, -0.2) is 36.6 Å². The van der Waals surface area contributed by atoms with Gasteiger partial charge in [-0.3, -0.25) is 14.7 Å². The lowest BCUT2D eigenvalue weighted by Gasteiger charge is -2.10. The summed E-state index contributed by atoms with van der Waals surface area (Å²) >= 11 is 8.71. The molecule has 0 saturated heterocycles. The van der Waals surface area contributed by atoms with Crippen LogP contribution in [-0.2, 0) is 11.2 Å². The number of nitrogens with one attached hydrogen (secondary N) is 1. The molecule has 7 nitrogen and oxygen atoms in total. The maximum atomic E-state index is 12.4. The lowest BCUT2D eigenvalue weighted by Crippen LogP contribution is -2.14. The van der Waals surface area contributed by atoms with E-state index in [0.29, 0.717) is 21.1 Å². The van der Waals surface area contributed by atoms with Gasteiger partial charge in [-0.2, -0.15) is 0 Å². The van der Waals surface area contributed by atoms with Crippen LogP contribution in [0.1, 0.15) is 11.9 Å². The highest BCUT2D eigenvalue weighted by molar-refractivity contribution is 7.99. The summed E-state index contributed by atoms with van der Waals surface area (Å²) in [5.41, 5.74) is 1.79. The summed E-state index contributed by atoms with van der Waals surface area (Å²) in [7, 11) is 0. The Balaban J connectivity index is 1.57. The van der Waals surface area contributed by atoms with Crippen molar-refractivity contribution in [3.05, 3.63) is 64.6 Å². The molecule has 0 aliphatic rings. The monoisotopic (exact) mass is 456 g/mol. The van der Waals surface area contributed by atoms with Crippen LogP contribution in [0.4, 0.5) is 5.13 Å². The molecule has 0 aliphatic heterocycles. The van der Waals surface area contributed by atoms with Crippen molar-refractivity contribution in [3.63, 3.8) is 0 Å². The molecule has 0 saturated carbocycles. The minimum atomic E-state index is -0.172. The number of aromatic nitrogens is 5. The zero-order valence-corrected chi connectivity index (χ0v) is 18.3. The molecular formula is C20H17ClN6OS2. The molecule has 0 fully saturated rings. The van der Waals surface area contributed by atoms with Crippen LogP contribution in [0.3, 0.4) is 0 Å². The highest BCUT2D eigenvalue weighted by Gasteiger charge is 2.17. The van der Waals surface area contributed by atoms with Crippen molar-refractivity contribution in [2.75, 3.05) is 11.1 Å². The molecule has 10 heteroatoms. The third kappa shape index (κ3) is 4.69. The summed E-state index contributed by atoms with van der Waals surface area (Å²) < 4.78 is 1.93. The molecule has 0 bridgehead atoms. The minimum absolute atomic E-state index is 0.172. The van der Waals surface area contributed by atoms with E-state index in [1.54, 1.807) is 0 Å². The number of benzene rings is 2. The normalized spacial score (nSPS) is 10.9. The molecule has 0 radical (unpaired) electrons. The fourth-order valence-electron chi connectivity index (χ4n) is 2.69. The van der Waals surface area contributed by atoms with Crippen LogP contribution >= 0.6 is 34.7 Å². The molecule has 30 heavy (non-hydrogen) atoms. The van der Waals surface area contributed by atoms with Crippen molar-refractivity contribution in [2.45, 2.75) is 18.5 Å². The van der Waals surface area contributed by atoms with Crippen LogP contribution in [0.25, 0.3) is 17.1 Å². The van der Waals surface area contributed by atoms with Crippen molar-refractivity contribution >= 4 is 45.7 Å². The van der Waals surface area contributed by atoms with Crippen molar-refractivity contribution < 1.29 is 4.79 Å². The van der Waals surface area contributed by atoms with Gasteiger partial charge in [-0.1, -0.05) is 59.8 Å². The minimum Gasteiger partial charge on any atom is -0.300 e. The van der Waals surface area contributed by atoms with Crippen molar-refractivity contribution in [1.29, 1.82) is 0 Å². The van der Waals surface area contributed by atoms with Gasteiger partial charge >= 0.3 is 0 Å². The molecule has 0 atom stereocenters. The summed E-state index contributed by atoms with van der Waals surface area (Å²) in [6.07, 6.45) is 0.788. The van der Waals surface area contributed by atoms with Gasteiger partial charge in [-0.25, -0.2) is 0 Å². The number of para-hydroxylation sites is 1. The van der Waals surface area contributed by atoms with Gasteiger partial charge in [0.05, 0.1) is 5.75 Å². The number of aryl methyl sites for hydroxylation is 1. The first kappa shape index (κ1) is 20.5. The first-order valence-electron chi connectivity index (χ1n) is 9.16. The first-order valence-corrected chi connectivity index (χ1v) is 11.3. The van der Waals surface area contributed by atoms with Gasteiger partial charge in [0.2, 0.25) is 11.0 Å². The predicted molar refractivity (Wildman–Crippen MR) is 120 cm³/mol. The zero-order chi connectivity index (χ0) is 20.9. The van der Waals surface area contributed by atoms with Gasteiger partial charge < -0.3 is 0 Å². The Kier molecular flexibility index (Phi) is 6.41. The number of nitrogens with zero attached hydrogens (tertiary/aromatic N) is 5. The number of carbonyl (C=O) groups is 1. The first-order chi connectivity index (χ1) is 14.6. The number of hydrogen-bond donors (Lipinski definition) is 1. The number of amides is 1. The van der Waals surface area contributed by atoms with Crippen LogP contribution in [0.15, 0.2) is 59.8 Å². The van der Waals surface area contributed by atoms with E-state index in [0.717, 1.165) is 22.7 Å². The van der Waals surface area contributed by atoms with E-state index >= 15 is 0 Å². The molecule has 0 aliphatic carbocycles. The Hall–Kier alpha value is -2.75. The van der Waals surface area contributed by atoms with Gasteiger partial charge in [0.1, 0.15) is 5.01 Å². The maximum Gasteiger partial charge on any atom is 0.236 e. The van der Waals surface area contributed by atoms with Crippen LogP contribution < -0.4 is 5.32 Å². The number of rotatable bonds is 7. The molecule has 1 amide bonds. The van der Waals surface area contributed by atoms with Gasteiger partial charge in [0.15, 0.2) is 11.0 Å². The summed E-state index contributed by atoms with van der Waals surface area (Å²) in [6, 6.07) is 17.2. The zero-order valence-electron chi connectivity index (χ0n) is 15.9. The third-order valence-electron chi connectivity index (χ3n) is 4.10. The average Bonchev–Trinajstić information content (AvgIpc) is 3.40. The topological polar surface area (TPSA) is 85.6 Å². The molecule has 1 N–H and O–H groups in total. The summed E-state index contributed by atoms with van der Waals surface area (Å²) in [6.45, 7) is 2.00. The average molecular weight is 457 g/mol. The maximum absolute atomic E-state index is 12.4. The lowest BCUT2D eigenvalue weighted by molar-refractivity contribution is -0.113. The van der Waals surface area contributed by atoms with Crippen molar-refractivity contribution in [3.8, 4) is 17.1 Å². The summed E-state index contributed by atoms with van der Waals surface area (Å²) in [5.74, 6) is 0.680. The summed E-state index contributed by atoms with van der Waals surface area (Å²) in [5, 5.41) is 22.1. The van der Waals surface area contributed by atoms with E-state index in [2.05, 4.69) is 25.7 Å². The fraction of sp³-hybridized carbons (Fsp3) is 0.150. The van der Waals surface area contributed by atoms with E-state index in [4.69, 9.17) is 11.6 Å². The third-order valence-corrected chi connectivity index (χ3v) is 6.26. The highest BCUT2D eigenvalue weighted by Crippen LogP contribution is 2.28. The SMILES string of the molecule is CCc1nnc(NC(=O)CSc2nnc(-c3ccc(Cl)cc3)n2-c2ccccc2)s1. The number of hydrogen-bond acceptors (Lipinski definition) is 7. The quantitative estimate of drug-likeness (QED) is 0.404. The van der Waals surface area contributed by atoms with Gasteiger partial charge in [-0.05, 0) is 42.8 Å². The smallest absolute Gasteiger partial charge is 0.236 e. The molecular weight excluding hydrogens is 440 g/mol. The van der Waals surface area contributed by atoms with E-state index in [1.807, 2.05) is 66.1 Å². The number of anilines is 1. The Labute approximate surface area is 186 Å². The van der Waals surface area contributed by atoms with Crippen molar-refractivity contribution in [1.82, 2.24) is 25.0 Å². The number of thioether (sulfide) groups is 1. The Morgan fingerprint density at radius 2 is 1.83 bits per heavy atom. The summed E-state index contributed by atoms with van der Waals surface area (Å²) in [4.78, 5) is 12.4. The van der Waals surface area contributed by atoms with E-state index in [1.165, 1.54) is 23.1 Å². The number of halogens is 1. The van der Waals surface area contributed by atoms with Gasteiger partial charge in [-0.15, -0.1) is 20.4 Å². The number of carbonyl (C=O) groups excluding carboxylic acids is 1. The van der Waals surface area contributed by atoms with E-state index in [-0.39, 0.29) is 11.7 Å². The predicted octanol–water partition coefficient (Wildman–Crippen LogP) is 4.73. The highest BCUT2D eigenvalue weighted by atomic mass is 35.5. The van der Waals surface area contributed by atoms with Crippen LogP contribution in [0.5, 0.6) is 0 Å². The molecule has 152 valence electrons. The Morgan fingerprint density at radius 3 is 2.53 bits per heavy atom. The van der Waals surface area contributed by atoms with Crippen LogP contribution in [0, 0.1) is 0 Å². The van der Waals surface area contributed by atoms with Crippen LogP contribution in [0.2, 0.25) is 5.02 Å². The Morgan fingerprint density at radius 1 is 1.07 bits per heavy atom. The second kappa shape index (κ2) is 9.38. The molecule has 4 rings (SSSR count). The molecule has 2 aromatic carbocycles. The van der Waals surface area contributed by atoms with Crippen molar-refractivity contribution in [2.24, 2.45) is 0 Å². The van der Waals surface area contributed by atoms with Gasteiger partial charge in [0, 0.05) is 16.3 Å². The van der Waals surface area contributed by atoms with Gasteiger partial charge in [0.25, 0.3) is 0 Å². The van der Waals surface area contributed by atoms with E-state index in [9.17, 15) is 4.79 Å². The second-order valence-corrected chi connectivity index (χ2v) is 8.62. The molecule has 0 unspecified atom stereocenters. The van der Waals surface area contributed by atoms with E-state index < -0.39 is 0 Å². The molecule has 2 aromatic heterocycles. The fourth-order valence-corrected chi connectivity index (χ4v) is 4.27. The Bertz CT molecular complexity index is 1140.